The lowest BCUT2D eigenvalue weighted by molar-refractivity contribution is -0.129. The van der Waals surface area contributed by atoms with Gasteiger partial charge in [0.15, 0.2) is 0 Å². The van der Waals surface area contributed by atoms with Gasteiger partial charge >= 0.3 is 0 Å². The highest BCUT2D eigenvalue weighted by Gasteiger charge is 2.47. The molecule has 0 N–H and O–H groups in total. The minimum atomic E-state index is 0.334. The molecule has 3 atom stereocenters. The molecule has 2 saturated carbocycles. The number of carbonyl (C=O) groups is 1. The van der Waals surface area contributed by atoms with Crippen LogP contribution in [0.2, 0.25) is 0 Å². The van der Waals surface area contributed by atoms with Crippen molar-refractivity contribution in [2.24, 2.45) is 17.3 Å². The van der Waals surface area contributed by atoms with Crippen molar-refractivity contribution in [1.82, 2.24) is 4.90 Å². The lowest BCUT2D eigenvalue weighted by Gasteiger charge is -2.34. The third kappa shape index (κ3) is 1.72. The zero-order valence-corrected chi connectivity index (χ0v) is 9.55. The summed E-state index contributed by atoms with van der Waals surface area (Å²) in [7, 11) is 4.13. The van der Waals surface area contributed by atoms with Crippen LogP contribution in [0.5, 0.6) is 0 Å². The highest BCUT2D eigenvalue weighted by molar-refractivity contribution is 5.83. The molecule has 0 heterocycles. The Morgan fingerprint density at radius 3 is 2.86 bits per heavy atom. The molecule has 0 aromatic rings. The van der Waals surface area contributed by atoms with Crippen LogP contribution >= 0.6 is 0 Å². The van der Waals surface area contributed by atoms with Crippen molar-refractivity contribution in [2.45, 2.75) is 32.6 Å². The van der Waals surface area contributed by atoms with Crippen LogP contribution in [0, 0.1) is 17.3 Å². The number of carbonyl (C=O) groups excluding carboxylic acids is 1. The van der Waals surface area contributed by atoms with Crippen LogP contribution in [-0.2, 0) is 4.79 Å². The normalized spacial score (nSPS) is 42.1. The number of fused-ring (bicyclic) bond motifs is 2. The SMILES string of the molecule is CN(C)CC1C(=O)CC2(C)CCC1C2. The maximum absolute atomic E-state index is 12.0. The lowest BCUT2D eigenvalue weighted by atomic mass is 9.71. The second-order valence-electron chi connectivity index (χ2n) is 5.83. The Morgan fingerprint density at radius 2 is 2.21 bits per heavy atom. The summed E-state index contributed by atoms with van der Waals surface area (Å²) in [6.07, 6.45) is 4.67. The number of ketones is 1. The molecule has 2 aliphatic carbocycles. The van der Waals surface area contributed by atoms with Crippen LogP contribution in [0.3, 0.4) is 0 Å². The lowest BCUT2D eigenvalue weighted by Crippen LogP contribution is -2.38. The van der Waals surface area contributed by atoms with Crippen LogP contribution in [-0.4, -0.2) is 31.3 Å². The second-order valence-corrected chi connectivity index (χ2v) is 5.83. The number of rotatable bonds is 2. The number of hydrogen-bond acceptors (Lipinski definition) is 2. The fourth-order valence-corrected chi connectivity index (χ4v) is 3.33. The van der Waals surface area contributed by atoms with Crippen molar-refractivity contribution >= 4 is 5.78 Å². The summed E-state index contributed by atoms with van der Waals surface area (Å²) in [6, 6.07) is 0. The van der Waals surface area contributed by atoms with E-state index in [2.05, 4.69) is 25.9 Å². The smallest absolute Gasteiger partial charge is 0.138 e. The van der Waals surface area contributed by atoms with Gasteiger partial charge in [0, 0.05) is 18.9 Å². The van der Waals surface area contributed by atoms with Crippen molar-refractivity contribution < 1.29 is 4.79 Å². The second kappa shape index (κ2) is 3.34. The van der Waals surface area contributed by atoms with E-state index < -0.39 is 0 Å². The molecule has 2 bridgehead atoms. The molecule has 0 amide bonds. The maximum atomic E-state index is 12.0. The van der Waals surface area contributed by atoms with E-state index >= 15 is 0 Å². The minimum Gasteiger partial charge on any atom is -0.309 e. The summed E-state index contributed by atoms with van der Waals surface area (Å²) in [5.41, 5.74) is 0.366. The zero-order chi connectivity index (χ0) is 10.3. The predicted molar refractivity (Wildman–Crippen MR) is 57.1 cm³/mol. The van der Waals surface area contributed by atoms with Gasteiger partial charge in [-0.3, -0.25) is 4.79 Å². The van der Waals surface area contributed by atoms with Crippen molar-refractivity contribution in [3.8, 4) is 0 Å². The molecule has 0 aromatic carbocycles. The molecule has 3 unspecified atom stereocenters. The van der Waals surface area contributed by atoms with Gasteiger partial charge < -0.3 is 4.90 Å². The summed E-state index contributed by atoms with van der Waals surface area (Å²) in [5.74, 6) is 1.54. The molecular formula is C12H21NO. The third-order valence-corrected chi connectivity index (χ3v) is 4.02. The average molecular weight is 195 g/mol. The molecule has 2 aliphatic rings. The van der Waals surface area contributed by atoms with Gasteiger partial charge in [0.2, 0.25) is 0 Å². The Bertz CT molecular complexity index is 249. The zero-order valence-electron chi connectivity index (χ0n) is 9.55. The van der Waals surface area contributed by atoms with Crippen LogP contribution < -0.4 is 0 Å². The molecule has 2 fully saturated rings. The van der Waals surface area contributed by atoms with Gasteiger partial charge in [-0.1, -0.05) is 6.92 Å². The summed E-state index contributed by atoms with van der Waals surface area (Å²) < 4.78 is 0. The molecule has 0 saturated heterocycles. The van der Waals surface area contributed by atoms with Gasteiger partial charge in [0.05, 0.1) is 0 Å². The van der Waals surface area contributed by atoms with Crippen LogP contribution in [0.1, 0.15) is 32.6 Å². The van der Waals surface area contributed by atoms with Crippen LogP contribution in [0.15, 0.2) is 0 Å². The fraction of sp³-hybridized carbons (Fsp3) is 0.917. The first-order valence-corrected chi connectivity index (χ1v) is 5.68. The Balaban J connectivity index is 2.09. The van der Waals surface area contributed by atoms with E-state index in [9.17, 15) is 4.79 Å². The molecule has 0 spiro atoms. The van der Waals surface area contributed by atoms with Gasteiger partial charge in [0.25, 0.3) is 0 Å². The maximum Gasteiger partial charge on any atom is 0.138 e. The summed E-state index contributed by atoms with van der Waals surface area (Å²) in [5, 5.41) is 0. The molecule has 0 aromatic heterocycles. The molecule has 2 nitrogen and oxygen atoms in total. The van der Waals surface area contributed by atoms with Crippen molar-refractivity contribution in [1.29, 1.82) is 0 Å². The highest BCUT2D eigenvalue weighted by atomic mass is 16.1. The van der Waals surface area contributed by atoms with E-state index in [4.69, 9.17) is 0 Å². The van der Waals surface area contributed by atoms with Crippen molar-refractivity contribution in [2.75, 3.05) is 20.6 Å². The summed E-state index contributed by atoms with van der Waals surface area (Å²) in [6.45, 7) is 3.25. The van der Waals surface area contributed by atoms with Gasteiger partial charge in [-0.2, -0.15) is 0 Å². The molecule has 0 radical (unpaired) electrons. The van der Waals surface area contributed by atoms with E-state index in [1.54, 1.807) is 0 Å². The number of nitrogens with zero attached hydrogens (tertiary/aromatic N) is 1. The Hall–Kier alpha value is -0.370. The van der Waals surface area contributed by atoms with Crippen LogP contribution in [0.25, 0.3) is 0 Å². The standard InChI is InChI=1S/C12H21NO/c1-12-5-4-9(6-12)10(8-13(2)3)11(14)7-12/h9-10H,4-8H2,1-3H3. The highest BCUT2D eigenvalue weighted by Crippen LogP contribution is 2.51. The average Bonchev–Trinajstić information content (AvgIpc) is 2.37. The number of hydrogen-bond donors (Lipinski definition) is 0. The molecule has 14 heavy (non-hydrogen) atoms. The molecule has 2 heteroatoms. The fourth-order valence-electron chi connectivity index (χ4n) is 3.33. The molecule has 2 rings (SSSR count). The first-order valence-electron chi connectivity index (χ1n) is 5.68. The third-order valence-electron chi connectivity index (χ3n) is 4.02. The Kier molecular flexibility index (Phi) is 2.42. The summed E-state index contributed by atoms with van der Waals surface area (Å²) in [4.78, 5) is 14.1. The predicted octanol–water partition coefficient (Wildman–Crippen LogP) is 1.94. The van der Waals surface area contributed by atoms with Gasteiger partial charge in [-0.15, -0.1) is 0 Å². The monoisotopic (exact) mass is 195 g/mol. The van der Waals surface area contributed by atoms with E-state index in [-0.39, 0.29) is 0 Å². The Labute approximate surface area is 86.7 Å². The van der Waals surface area contributed by atoms with Gasteiger partial charge in [0.1, 0.15) is 5.78 Å². The van der Waals surface area contributed by atoms with Crippen LogP contribution in [0.4, 0.5) is 0 Å². The largest absolute Gasteiger partial charge is 0.309 e. The molecule has 0 aliphatic heterocycles. The van der Waals surface area contributed by atoms with Gasteiger partial charge in [-0.25, -0.2) is 0 Å². The quantitative estimate of drug-likeness (QED) is 0.671. The Morgan fingerprint density at radius 1 is 1.50 bits per heavy atom. The number of Topliss-reactive ketones (excluding diaryl/α,β-unsaturated/α-hetero) is 1. The minimum absolute atomic E-state index is 0.334. The topological polar surface area (TPSA) is 20.3 Å². The van der Waals surface area contributed by atoms with E-state index in [0.717, 1.165) is 13.0 Å². The van der Waals surface area contributed by atoms with E-state index in [1.165, 1.54) is 19.3 Å². The first-order chi connectivity index (χ1) is 6.50. The van der Waals surface area contributed by atoms with E-state index in [0.29, 0.717) is 23.0 Å². The van der Waals surface area contributed by atoms with Crippen molar-refractivity contribution in [3.05, 3.63) is 0 Å². The van der Waals surface area contributed by atoms with E-state index in [1.807, 2.05) is 0 Å². The first kappa shape index (κ1) is 10.2. The molecule has 80 valence electrons. The van der Waals surface area contributed by atoms with Crippen molar-refractivity contribution in [3.63, 3.8) is 0 Å². The van der Waals surface area contributed by atoms with Gasteiger partial charge in [-0.05, 0) is 44.7 Å². The molecular weight excluding hydrogens is 174 g/mol. The summed E-state index contributed by atoms with van der Waals surface area (Å²) >= 11 is 0.